The van der Waals surface area contributed by atoms with Gasteiger partial charge in [-0.2, -0.15) is 0 Å². The van der Waals surface area contributed by atoms with Crippen LogP contribution in [0.25, 0.3) is 0 Å². The zero-order valence-corrected chi connectivity index (χ0v) is 13.5. The molecule has 0 bridgehead atoms. The molecule has 1 heterocycles. The highest BCUT2D eigenvalue weighted by Gasteiger charge is 2.25. The second-order valence-electron chi connectivity index (χ2n) is 5.27. The van der Waals surface area contributed by atoms with Gasteiger partial charge in [-0.25, -0.2) is 0 Å². The Morgan fingerprint density at radius 1 is 1.47 bits per heavy atom. The molecule has 1 amide bonds. The molecule has 1 aliphatic rings. The Bertz CT molecular complexity index is 460. The fraction of sp³-hybridized carbons (Fsp3) is 0.500. The first-order valence-corrected chi connectivity index (χ1v) is 7.58. The highest BCUT2D eigenvalue weighted by atomic mass is 79.9. The number of hydrogen-bond acceptors (Lipinski definition) is 2. The molecule has 0 aromatic heterocycles. The molecular weight excluding hydrogens is 328 g/mol. The van der Waals surface area contributed by atoms with E-state index in [0.29, 0.717) is 16.5 Å². The van der Waals surface area contributed by atoms with Crippen LogP contribution in [-0.2, 0) is 0 Å². The quantitative estimate of drug-likeness (QED) is 0.893. The molecule has 1 aliphatic heterocycles. The Kier molecular flexibility index (Phi) is 4.87. The monoisotopic (exact) mass is 344 g/mol. The van der Waals surface area contributed by atoms with E-state index in [1.165, 1.54) is 0 Å². The summed E-state index contributed by atoms with van der Waals surface area (Å²) in [6.45, 7) is 4.22. The summed E-state index contributed by atoms with van der Waals surface area (Å²) < 4.78 is 0.821. The van der Waals surface area contributed by atoms with E-state index in [4.69, 9.17) is 11.6 Å². The molecule has 19 heavy (non-hydrogen) atoms. The molecule has 2 unspecified atom stereocenters. The van der Waals surface area contributed by atoms with Crippen molar-refractivity contribution in [3.8, 4) is 0 Å². The molecule has 0 aliphatic carbocycles. The fourth-order valence-electron chi connectivity index (χ4n) is 2.51. The van der Waals surface area contributed by atoms with Crippen LogP contribution in [0.15, 0.2) is 22.7 Å². The maximum absolute atomic E-state index is 12.2. The van der Waals surface area contributed by atoms with Gasteiger partial charge in [0, 0.05) is 27.6 Å². The van der Waals surface area contributed by atoms with E-state index in [2.05, 4.69) is 40.1 Å². The van der Waals surface area contributed by atoms with Gasteiger partial charge in [0.25, 0.3) is 5.91 Å². The molecule has 2 rings (SSSR count). The summed E-state index contributed by atoms with van der Waals surface area (Å²) in [7, 11) is 2.11. The zero-order valence-electron chi connectivity index (χ0n) is 11.1. The molecule has 1 aromatic rings. The van der Waals surface area contributed by atoms with Crippen molar-refractivity contribution in [3.63, 3.8) is 0 Å². The highest BCUT2D eigenvalue weighted by molar-refractivity contribution is 9.10. The number of nitrogens with zero attached hydrogens (tertiary/aromatic N) is 1. The molecule has 2 atom stereocenters. The number of amides is 1. The summed E-state index contributed by atoms with van der Waals surface area (Å²) in [5.74, 6) is 0.412. The summed E-state index contributed by atoms with van der Waals surface area (Å²) in [5, 5.41) is 3.68. The molecule has 104 valence electrons. The number of halogens is 2. The predicted molar refractivity (Wildman–Crippen MR) is 81.7 cm³/mol. The molecule has 1 aromatic carbocycles. The van der Waals surface area contributed by atoms with E-state index in [1.54, 1.807) is 18.2 Å². The number of hydrogen-bond donors (Lipinski definition) is 1. The lowest BCUT2D eigenvalue weighted by Gasteiger charge is -2.35. The molecule has 0 saturated carbocycles. The third kappa shape index (κ3) is 3.94. The standard InChI is InChI=1S/C14H18BrClN2O/c1-9-8-18(2)4-3-13(9)17-14(19)10-5-11(15)7-12(16)6-10/h5-7,9,13H,3-4,8H2,1-2H3,(H,17,19). The minimum absolute atomic E-state index is 0.0513. The van der Waals surface area contributed by atoms with Crippen molar-refractivity contribution >= 4 is 33.4 Å². The lowest BCUT2D eigenvalue weighted by atomic mass is 9.94. The van der Waals surface area contributed by atoms with Gasteiger partial charge in [-0.1, -0.05) is 34.5 Å². The summed E-state index contributed by atoms with van der Waals surface area (Å²) in [6.07, 6.45) is 0.991. The molecule has 5 heteroatoms. The van der Waals surface area contributed by atoms with Crippen LogP contribution in [0.4, 0.5) is 0 Å². The minimum Gasteiger partial charge on any atom is -0.349 e. The van der Waals surface area contributed by atoms with Crippen molar-refractivity contribution in [3.05, 3.63) is 33.3 Å². The normalized spacial score (nSPS) is 24.2. The molecule has 1 N–H and O–H groups in total. The average Bonchev–Trinajstić information content (AvgIpc) is 2.31. The van der Waals surface area contributed by atoms with Crippen LogP contribution in [0.5, 0.6) is 0 Å². The first kappa shape index (κ1) is 14.8. The van der Waals surface area contributed by atoms with E-state index in [-0.39, 0.29) is 11.9 Å². The van der Waals surface area contributed by atoms with Crippen LogP contribution in [0, 0.1) is 5.92 Å². The van der Waals surface area contributed by atoms with E-state index >= 15 is 0 Å². The number of carbonyl (C=O) groups is 1. The van der Waals surface area contributed by atoms with Crippen molar-refractivity contribution in [1.29, 1.82) is 0 Å². The van der Waals surface area contributed by atoms with Gasteiger partial charge in [-0.05, 0) is 44.1 Å². The topological polar surface area (TPSA) is 32.3 Å². The first-order valence-electron chi connectivity index (χ1n) is 6.41. The Morgan fingerprint density at radius 3 is 2.84 bits per heavy atom. The number of piperidine rings is 1. The maximum atomic E-state index is 12.2. The van der Waals surface area contributed by atoms with E-state index in [9.17, 15) is 4.79 Å². The number of nitrogens with one attached hydrogen (secondary N) is 1. The van der Waals surface area contributed by atoms with Gasteiger partial charge in [0.2, 0.25) is 0 Å². The summed E-state index contributed by atoms with van der Waals surface area (Å²) >= 11 is 9.32. The molecule has 3 nitrogen and oxygen atoms in total. The summed E-state index contributed by atoms with van der Waals surface area (Å²) in [4.78, 5) is 14.5. The van der Waals surface area contributed by atoms with Crippen molar-refractivity contribution in [1.82, 2.24) is 10.2 Å². The predicted octanol–water partition coefficient (Wildman–Crippen LogP) is 3.17. The fourth-order valence-corrected chi connectivity index (χ4v) is 3.37. The van der Waals surface area contributed by atoms with E-state index < -0.39 is 0 Å². The second kappa shape index (κ2) is 6.25. The number of benzene rings is 1. The van der Waals surface area contributed by atoms with Crippen molar-refractivity contribution in [2.24, 2.45) is 5.92 Å². The third-order valence-electron chi connectivity index (χ3n) is 3.55. The second-order valence-corrected chi connectivity index (χ2v) is 6.62. The van der Waals surface area contributed by atoms with Crippen molar-refractivity contribution in [2.45, 2.75) is 19.4 Å². The molecular formula is C14H18BrClN2O. The zero-order chi connectivity index (χ0) is 14.0. The maximum Gasteiger partial charge on any atom is 0.251 e. The third-order valence-corrected chi connectivity index (χ3v) is 4.23. The number of rotatable bonds is 2. The van der Waals surface area contributed by atoms with Crippen LogP contribution < -0.4 is 5.32 Å². The number of carbonyl (C=O) groups excluding carboxylic acids is 1. The molecule has 0 spiro atoms. The van der Waals surface area contributed by atoms with E-state index in [0.717, 1.165) is 24.0 Å². The highest BCUT2D eigenvalue weighted by Crippen LogP contribution is 2.21. The van der Waals surface area contributed by atoms with Gasteiger partial charge in [0.1, 0.15) is 0 Å². The van der Waals surface area contributed by atoms with Crippen LogP contribution in [0.1, 0.15) is 23.7 Å². The summed E-state index contributed by atoms with van der Waals surface area (Å²) in [6, 6.07) is 5.50. The van der Waals surface area contributed by atoms with Gasteiger partial charge in [0.05, 0.1) is 0 Å². The number of likely N-dealkylation sites (tertiary alicyclic amines) is 1. The average molecular weight is 346 g/mol. The smallest absolute Gasteiger partial charge is 0.251 e. The molecule has 1 fully saturated rings. The van der Waals surface area contributed by atoms with Gasteiger partial charge in [-0.3, -0.25) is 4.79 Å². The van der Waals surface area contributed by atoms with Gasteiger partial charge >= 0.3 is 0 Å². The van der Waals surface area contributed by atoms with Gasteiger partial charge in [0.15, 0.2) is 0 Å². The van der Waals surface area contributed by atoms with Crippen molar-refractivity contribution < 1.29 is 4.79 Å². The van der Waals surface area contributed by atoms with Crippen LogP contribution in [0.2, 0.25) is 5.02 Å². The van der Waals surface area contributed by atoms with Crippen molar-refractivity contribution in [2.75, 3.05) is 20.1 Å². The van der Waals surface area contributed by atoms with Crippen LogP contribution in [0.3, 0.4) is 0 Å². The Morgan fingerprint density at radius 2 is 2.21 bits per heavy atom. The largest absolute Gasteiger partial charge is 0.349 e. The Labute approximate surface area is 127 Å². The first-order chi connectivity index (χ1) is 8.95. The minimum atomic E-state index is -0.0513. The SMILES string of the molecule is CC1CN(C)CCC1NC(=O)c1cc(Cl)cc(Br)c1. The van der Waals surface area contributed by atoms with Crippen LogP contribution >= 0.6 is 27.5 Å². The van der Waals surface area contributed by atoms with E-state index in [1.807, 2.05) is 0 Å². The Hall–Kier alpha value is -0.580. The molecule has 1 saturated heterocycles. The summed E-state index contributed by atoms with van der Waals surface area (Å²) in [5.41, 5.74) is 0.602. The van der Waals surface area contributed by atoms with Gasteiger partial charge in [-0.15, -0.1) is 0 Å². The van der Waals surface area contributed by atoms with Crippen LogP contribution in [-0.4, -0.2) is 37.0 Å². The lowest BCUT2D eigenvalue weighted by molar-refractivity contribution is 0.0884. The van der Waals surface area contributed by atoms with Gasteiger partial charge < -0.3 is 10.2 Å². The Balaban J connectivity index is 2.04. The lowest BCUT2D eigenvalue weighted by Crippen LogP contribution is -2.48. The molecule has 0 radical (unpaired) electrons.